The first-order chi connectivity index (χ1) is 7.42. The summed E-state index contributed by atoms with van der Waals surface area (Å²) in [5.41, 5.74) is -0.244. The van der Waals surface area contributed by atoms with Crippen molar-refractivity contribution in [2.45, 2.75) is 53.0 Å². The van der Waals surface area contributed by atoms with Crippen LogP contribution in [-0.4, -0.2) is 25.0 Å². The number of piperidine rings is 1. The topological polar surface area (TPSA) is 41.1 Å². The maximum atomic E-state index is 12.1. The molecule has 3 nitrogen and oxygen atoms in total. The van der Waals surface area contributed by atoms with Crippen LogP contribution >= 0.6 is 12.4 Å². The minimum atomic E-state index is -0.244. The Balaban J connectivity index is 0.00000256. The molecule has 0 aromatic rings. The summed E-state index contributed by atoms with van der Waals surface area (Å²) in [6, 6.07) is 0.327. The molecule has 1 fully saturated rings. The Kier molecular flexibility index (Phi) is 7.10. The molecule has 4 heteroatoms. The Hall–Kier alpha value is -0.280. The van der Waals surface area contributed by atoms with Crippen LogP contribution in [-0.2, 0) is 4.79 Å². The number of carbonyl (C=O) groups excluding carboxylic acids is 1. The molecule has 0 aliphatic carbocycles. The molecule has 1 atom stereocenters. The van der Waals surface area contributed by atoms with Crippen molar-refractivity contribution >= 4 is 18.3 Å². The Labute approximate surface area is 112 Å². The number of amides is 1. The smallest absolute Gasteiger partial charge is 0.225 e. The van der Waals surface area contributed by atoms with Crippen LogP contribution in [0.2, 0.25) is 0 Å². The number of hydrogen-bond acceptors (Lipinski definition) is 2. The van der Waals surface area contributed by atoms with Crippen molar-refractivity contribution in [1.82, 2.24) is 10.6 Å². The molecule has 1 heterocycles. The van der Waals surface area contributed by atoms with E-state index in [1.807, 2.05) is 13.8 Å². The van der Waals surface area contributed by atoms with E-state index in [1.165, 1.54) is 0 Å². The number of halogens is 1. The van der Waals surface area contributed by atoms with Gasteiger partial charge < -0.3 is 10.6 Å². The van der Waals surface area contributed by atoms with Gasteiger partial charge in [0.05, 0.1) is 0 Å². The molecule has 0 saturated carbocycles. The molecule has 1 amide bonds. The van der Waals surface area contributed by atoms with Crippen molar-refractivity contribution in [1.29, 1.82) is 0 Å². The van der Waals surface area contributed by atoms with Gasteiger partial charge in [-0.25, -0.2) is 0 Å². The fourth-order valence-corrected chi connectivity index (χ4v) is 2.47. The highest BCUT2D eigenvalue weighted by atomic mass is 35.5. The SMILES string of the molecule is CC(C)CC(C)(C)C(=O)NC1CCCNC1.Cl. The highest BCUT2D eigenvalue weighted by Crippen LogP contribution is 2.25. The Morgan fingerprint density at radius 1 is 1.47 bits per heavy atom. The van der Waals surface area contributed by atoms with Crippen molar-refractivity contribution in [2.75, 3.05) is 13.1 Å². The van der Waals surface area contributed by atoms with E-state index in [4.69, 9.17) is 0 Å². The average Bonchev–Trinajstić information content (AvgIpc) is 2.17. The molecule has 1 aliphatic heterocycles. The van der Waals surface area contributed by atoms with Gasteiger partial charge in [0, 0.05) is 18.0 Å². The van der Waals surface area contributed by atoms with E-state index < -0.39 is 0 Å². The van der Waals surface area contributed by atoms with Gasteiger partial charge >= 0.3 is 0 Å². The van der Waals surface area contributed by atoms with Gasteiger partial charge in [0.15, 0.2) is 0 Å². The summed E-state index contributed by atoms with van der Waals surface area (Å²) in [4.78, 5) is 12.1. The van der Waals surface area contributed by atoms with Crippen LogP contribution in [0.4, 0.5) is 0 Å². The molecule has 0 bridgehead atoms. The second kappa shape index (κ2) is 7.22. The van der Waals surface area contributed by atoms with Crippen molar-refractivity contribution in [3.05, 3.63) is 0 Å². The highest BCUT2D eigenvalue weighted by molar-refractivity contribution is 5.85. The lowest BCUT2D eigenvalue weighted by Gasteiger charge is -2.30. The maximum Gasteiger partial charge on any atom is 0.225 e. The van der Waals surface area contributed by atoms with Crippen LogP contribution in [0, 0.1) is 11.3 Å². The molecule has 0 spiro atoms. The molecule has 0 aromatic heterocycles. The zero-order valence-corrected chi connectivity index (χ0v) is 12.3. The van der Waals surface area contributed by atoms with Crippen LogP contribution in [0.25, 0.3) is 0 Å². The largest absolute Gasteiger partial charge is 0.352 e. The fraction of sp³-hybridized carbons (Fsp3) is 0.923. The second-order valence-corrected chi connectivity index (χ2v) is 6.00. The summed E-state index contributed by atoms with van der Waals surface area (Å²) >= 11 is 0. The first kappa shape index (κ1) is 16.7. The summed E-state index contributed by atoms with van der Waals surface area (Å²) in [5, 5.41) is 6.48. The van der Waals surface area contributed by atoms with E-state index in [0.717, 1.165) is 32.4 Å². The molecule has 1 aliphatic rings. The van der Waals surface area contributed by atoms with Gasteiger partial charge in [-0.3, -0.25) is 4.79 Å². The van der Waals surface area contributed by atoms with Crippen molar-refractivity contribution < 1.29 is 4.79 Å². The van der Waals surface area contributed by atoms with E-state index in [1.54, 1.807) is 0 Å². The van der Waals surface area contributed by atoms with E-state index >= 15 is 0 Å². The summed E-state index contributed by atoms with van der Waals surface area (Å²) in [6.45, 7) is 10.4. The molecule has 0 radical (unpaired) electrons. The first-order valence-electron chi connectivity index (χ1n) is 6.43. The molecule has 1 unspecified atom stereocenters. The van der Waals surface area contributed by atoms with Gasteiger partial charge in [0.2, 0.25) is 5.91 Å². The molecule has 0 aromatic carbocycles. The molecule has 17 heavy (non-hydrogen) atoms. The number of carbonyl (C=O) groups is 1. The maximum absolute atomic E-state index is 12.1. The van der Waals surface area contributed by atoms with Gasteiger partial charge in [-0.1, -0.05) is 27.7 Å². The van der Waals surface area contributed by atoms with Crippen molar-refractivity contribution in [2.24, 2.45) is 11.3 Å². The minimum Gasteiger partial charge on any atom is -0.352 e. The van der Waals surface area contributed by atoms with Gasteiger partial charge in [0.25, 0.3) is 0 Å². The lowest BCUT2D eigenvalue weighted by atomic mass is 9.83. The van der Waals surface area contributed by atoms with Crippen molar-refractivity contribution in [3.63, 3.8) is 0 Å². The minimum absolute atomic E-state index is 0. The van der Waals surface area contributed by atoms with Crippen molar-refractivity contribution in [3.8, 4) is 0 Å². The van der Waals surface area contributed by atoms with Crippen LogP contribution in [0.3, 0.4) is 0 Å². The Morgan fingerprint density at radius 2 is 2.12 bits per heavy atom. The van der Waals surface area contributed by atoms with Crippen LogP contribution < -0.4 is 10.6 Å². The summed E-state index contributed by atoms with van der Waals surface area (Å²) < 4.78 is 0. The zero-order valence-electron chi connectivity index (χ0n) is 11.5. The Bertz CT molecular complexity index is 236. The Morgan fingerprint density at radius 3 is 2.59 bits per heavy atom. The monoisotopic (exact) mass is 262 g/mol. The number of rotatable bonds is 4. The summed E-state index contributed by atoms with van der Waals surface area (Å²) in [5.74, 6) is 0.764. The van der Waals surface area contributed by atoms with Crippen LogP contribution in [0.1, 0.15) is 47.0 Å². The third-order valence-electron chi connectivity index (χ3n) is 3.17. The molecule has 1 saturated heterocycles. The molecule has 1 rings (SSSR count). The van der Waals surface area contributed by atoms with E-state index in [-0.39, 0.29) is 23.7 Å². The average molecular weight is 263 g/mol. The molecule has 2 N–H and O–H groups in total. The number of hydrogen-bond donors (Lipinski definition) is 2. The predicted octanol–water partition coefficient (Wildman–Crippen LogP) is 2.35. The van der Waals surface area contributed by atoms with Gasteiger partial charge in [-0.15, -0.1) is 12.4 Å². The van der Waals surface area contributed by atoms with Crippen LogP contribution in [0.5, 0.6) is 0 Å². The van der Waals surface area contributed by atoms with E-state index in [2.05, 4.69) is 24.5 Å². The lowest BCUT2D eigenvalue weighted by Crippen LogP contribution is -2.49. The number of nitrogens with one attached hydrogen (secondary N) is 2. The van der Waals surface area contributed by atoms with Gasteiger partial charge in [-0.05, 0) is 31.7 Å². The quantitative estimate of drug-likeness (QED) is 0.817. The third-order valence-corrected chi connectivity index (χ3v) is 3.17. The second-order valence-electron chi connectivity index (χ2n) is 6.00. The summed E-state index contributed by atoms with van der Waals surface area (Å²) in [6.07, 6.45) is 3.21. The first-order valence-corrected chi connectivity index (χ1v) is 6.43. The normalized spacial score (nSPS) is 20.9. The third kappa shape index (κ3) is 5.73. The van der Waals surface area contributed by atoms with Crippen LogP contribution in [0.15, 0.2) is 0 Å². The fourth-order valence-electron chi connectivity index (χ4n) is 2.47. The molecule has 102 valence electrons. The molecular formula is C13H27ClN2O. The van der Waals surface area contributed by atoms with Gasteiger partial charge in [0.1, 0.15) is 0 Å². The molecular weight excluding hydrogens is 236 g/mol. The van der Waals surface area contributed by atoms with E-state index in [9.17, 15) is 4.79 Å². The lowest BCUT2D eigenvalue weighted by molar-refractivity contribution is -0.131. The van der Waals surface area contributed by atoms with E-state index in [0.29, 0.717) is 12.0 Å². The summed E-state index contributed by atoms with van der Waals surface area (Å²) in [7, 11) is 0. The predicted molar refractivity (Wildman–Crippen MR) is 74.5 cm³/mol. The zero-order chi connectivity index (χ0) is 12.2. The standard InChI is InChI=1S/C13H26N2O.ClH/c1-10(2)8-13(3,4)12(16)15-11-6-5-7-14-9-11;/h10-11,14H,5-9H2,1-4H3,(H,15,16);1H. The van der Waals surface area contributed by atoms with Gasteiger partial charge in [-0.2, -0.15) is 0 Å². The highest BCUT2D eigenvalue weighted by Gasteiger charge is 2.30.